The molecular weight excluding hydrogens is 1030 g/mol. The van der Waals surface area contributed by atoms with Crippen LogP contribution in [-0.4, -0.2) is 15.8 Å². The van der Waals surface area contributed by atoms with Crippen LogP contribution in [0.2, 0.25) is 0 Å². The minimum Gasteiger partial charge on any atom is -0.319 e. The first kappa shape index (κ1) is 55.6. The lowest BCUT2D eigenvalue weighted by atomic mass is 9.35. The Morgan fingerprint density at radius 2 is 0.904 bits per heavy atom. The van der Waals surface area contributed by atoms with Gasteiger partial charge in [0.15, 0.2) is 0 Å². The van der Waals surface area contributed by atoms with Crippen LogP contribution in [0.4, 0.5) is 47.3 Å². The van der Waals surface area contributed by atoms with Crippen LogP contribution in [0.3, 0.4) is 0 Å². The number of nitriles is 1. The van der Waals surface area contributed by atoms with Gasteiger partial charge >= 0.3 is 6.18 Å². The third-order valence-corrected chi connectivity index (χ3v) is 17.7. The number of halogens is 3. The second kappa shape index (κ2) is 18.5. The van der Waals surface area contributed by atoms with E-state index in [1.807, 2.05) is 18.2 Å². The summed E-state index contributed by atoms with van der Waals surface area (Å²) in [5.74, 6) is 0. The van der Waals surface area contributed by atoms with Crippen molar-refractivity contribution in [3.8, 4) is 17.4 Å². The maximum Gasteiger partial charge on any atom is 0.416 e. The van der Waals surface area contributed by atoms with Crippen molar-refractivity contribution in [3.05, 3.63) is 196 Å². The Labute approximate surface area is 489 Å². The van der Waals surface area contributed by atoms with Crippen LogP contribution in [0.1, 0.15) is 154 Å². The van der Waals surface area contributed by atoms with Gasteiger partial charge < -0.3 is 18.9 Å². The van der Waals surface area contributed by atoms with Gasteiger partial charge in [-0.25, -0.2) is 0 Å². The fraction of sp³-hybridized carbons (Fsp3) is 0.311. The number of aromatic nitrogens is 2. The zero-order valence-electron chi connectivity index (χ0n) is 51.3. The zero-order chi connectivity index (χ0) is 59.6. The number of aryl methyl sites for hydroxylation is 2. The van der Waals surface area contributed by atoms with Gasteiger partial charge in [0.2, 0.25) is 0 Å². The van der Waals surface area contributed by atoms with Crippen LogP contribution in [-0.2, 0) is 33.3 Å². The van der Waals surface area contributed by atoms with Crippen molar-refractivity contribution in [2.45, 2.75) is 151 Å². The summed E-state index contributed by atoms with van der Waals surface area (Å²) in [5.41, 5.74) is 20.9. The van der Waals surface area contributed by atoms with Crippen molar-refractivity contribution in [2.75, 3.05) is 9.80 Å². The molecule has 420 valence electrons. The molecular formula is C74H75BF3N5. The van der Waals surface area contributed by atoms with E-state index in [0.29, 0.717) is 11.3 Å². The van der Waals surface area contributed by atoms with Gasteiger partial charge in [-0.2, -0.15) is 18.4 Å². The standard InChI is InChI=1S/C74H75BF3N5/c1-43-34-50(72(12,13)14)35-44(2)65(43)83-63-41-55(80(52-26-19-46(20-27-52)69(3,4)5)53-28-21-47(22-29-53)70(6,7)8)40-62-64(63)75(59-39-51(73(15,16)17)38-57-56-37-49(71(9,10)11)25-33-60(56)82(62)66(57)59)68-67(83)58-36-45(42-79)18-32-61(58)81(68)54-30-23-48(24-31-54)74(76,77)78/h18-41H,1-17H3. The van der Waals surface area contributed by atoms with E-state index in [2.05, 4.69) is 246 Å². The Balaban J connectivity index is 1.32. The van der Waals surface area contributed by atoms with Gasteiger partial charge in [-0.05, 0) is 188 Å². The summed E-state index contributed by atoms with van der Waals surface area (Å²) < 4.78 is 48.5. The lowest BCUT2D eigenvalue weighted by Gasteiger charge is -2.42. The Morgan fingerprint density at radius 1 is 0.434 bits per heavy atom. The predicted octanol–water partition coefficient (Wildman–Crippen LogP) is 18.8. The molecule has 0 amide bonds. The summed E-state index contributed by atoms with van der Waals surface area (Å²) >= 11 is 0. The zero-order valence-corrected chi connectivity index (χ0v) is 51.3. The van der Waals surface area contributed by atoms with Crippen LogP contribution in [0, 0.1) is 25.2 Å². The van der Waals surface area contributed by atoms with Crippen LogP contribution in [0.5, 0.6) is 0 Å². The Morgan fingerprint density at radius 3 is 1.42 bits per heavy atom. The van der Waals surface area contributed by atoms with Gasteiger partial charge in [0, 0.05) is 55.7 Å². The van der Waals surface area contributed by atoms with Crippen LogP contribution >= 0.6 is 0 Å². The van der Waals surface area contributed by atoms with E-state index in [-0.39, 0.29) is 27.1 Å². The molecule has 0 atom stereocenters. The molecule has 0 saturated carbocycles. The second-order valence-corrected chi connectivity index (χ2v) is 28.8. The van der Waals surface area contributed by atoms with Crippen LogP contribution < -0.4 is 26.3 Å². The molecule has 4 heterocycles. The summed E-state index contributed by atoms with van der Waals surface area (Å²) in [6, 6.07) is 53.2. The molecule has 0 N–H and O–H groups in total. The largest absolute Gasteiger partial charge is 0.416 e. The third-order valence-electron chi connectivity index (χ3n) is 17.7. The average Bonchev–Trinajstić information content (AvgIpc) is 2.29. The molecule has 0 unspecified atom stereocenters. The Hall–Kier alpha value is -7.96. The smallest absolute Gasteiger partial charge is 0.319 e. The lowest BCUT2D eigenvalue weighted by Crippen LogP contribution is -2.62. The first-order valence-corrected chi connectivity index (χ1v) is 29.2. The molecule has 2 aliphatic heterocycles. The quantitative estimate of drug-likeness (QED) is 0.161. The van der Waals surface area contributed by atoms with E-state index >= 15 is 0 Å². The van der Waals surface area contributed by atoms with Crippen LogP contribution in [0.15, 0.2) is 146 Å². The molecule has 2 aromatic heterocycles. The van der Waals surface area contributed by atoms with Crippen molar-refractivity contribution in [2.24, 2.45) is 0 Å². The number of hydrogen-bond acceptors (Lipinski definition) is 3. The van der Waals surface area contributed by atoms with Crippen molar-refractivity contribution in [1.29, 1.82) is 5.26 Å². The molecule has 0 bridgehead atoms. The van der Waals surface area contributed by atoms with Gasteiger partial charge in [-0.3, -0.25) is 0 Å². The van der Waals surface area contributed by atoms with Gasteiger partial charge in [0.05, 0.1) is 45.3 Å². The summed E-state index contributed by atoms with van der Waals surface area (Å²) in [4.78, 5) is 4.86. The van der Waals surface area contributed by atoms with Crippen molar-refractivity contribution >= 4 is 90.1 Å². The van der Waals surface area contributed by atoms with Crippen molar-refractivity contribution in [3.63, 3.8) is 0 Å². The molecule has 10 aromatic rings. The normalized spacial score (nSPS) is 13.7. The van der Waals surface area contributed by atoms with Crippen LogP contribution in [0.25, 0.3) is 44.1 Å². The lowest BCUT2D eigenvalue weighted by molar-refractivity contribution is -0.137. The first-order valence-electron chi connectivity index (χ1n) is 29.2. The summed E-state index contributed by atoms with van der Waals surface area (Å²) in [6.45, 7) is 37.8. The van der Waals surface area contributed by atoms with E-state index in [4.69, 9.17) is 0 Å². The number of fused-ring (bicyclic) bond motifs is 9. The summed E-state index contributed by atoms with van der Waals surface area (Å²) in [5, 5.41) is 14.0. The molecule has 8 aromatic carbocycles. The molecule has 83 heavy (non-hydrogen) atoms. The number of rotatable bonds is 5. The molecule has 0 fully saturated rings. The van der Waals surface area contributed by atoms with Gasteiger partial charge in [0.25, 0.3) is 6.71 Å². The fourth-order valence-electron chi connectivity index (χ4n) is 13.1. The molecule has 2 aliphatic rings. The highest BCUT2D eigenvalue weighted by Crippen LogP contribution is 2.51. The SMILES string of the molecule is Cc1cc(C(C)(C)C)cc(C)c1N1c2cc(N(c3ccc(C(C)(C)C)cc3)c3ccc(C(C)(C)C)cc3)cc3c2B(c2cc(C(C)(C)C)cc4c5cc(C(C)(C)C)ccc5n-3c24)c2c1c1cc(C#N)ccc1n2-c1ccc(C(F)(F)F)cc1. The highest BCUT2D eigenvalue weighted by Gasteiger charge is 2.48. The highest BCUT2D eigenvalue weighted by atomic mass is 19.4. The maximum atomic E-state index is 14.6. The summed E-state index contributed by atoms with van der Waals surface area (Å²) in [7, 11) is 0. The van der Waals surface area contributed by atoms with E-state index in [1.165, 1.54) is 39.9 Å². The minimum atomic E-state index is -4.53. The second-order valence-electron chi connectivity index (χ2n) is 28.8. The van der Waals surface area contributed by atoms with Gasteiger partial charge in [-0.15, -0.1) is 0 Å². The molecule has 9 heteroatoms. The Bertz CT molecular complexity index is 4260. The number of nitrogens with zero attached hydrogens (tertiary/aromatic N) is 5. The number of alkyl halides is 3. The van der Waals surface area contributed by atoms with Gasteiger partial charge in [-0.1, -0.05) is 152 Å². The number of benzene rings is 8. The molecule has 12 rings (SSSR count). The highest BCUT2D eigenvalue weighted by molar-refractivity contribution is 7.00. The van der Waals surface area contributed by atoms with Crippen molar-refractivity contribution < 1.29 is 13.2 Å². The van der Waals surface area contributed by atoms with E-state index < -0.39 is 18.5 Å². The first-order chi connectivity index (χ1) is 38.7. The van der Waals surface area contributed by atoms with Crippen molar-refractivity contribution in [1.82, 2.24) is 9.13 Å². The molecule has 0 aliphatic carbocycles. The molecule has 5 nitrogen and oxygen atoms in total. The topological polar surface area (TPSA) is 40.1 Å². The van der Waals surface area contributed by atoms with E-state index in [0.717, 1.165) is 100 Å². The van der Waals surface area contributed by atoms with E-state index in [9.17, 15) is 18.4 Å². The summed E-state index contributed by atoms with van der Waals surface area (Å²) in [6.07, 6.45) is -4.53. The monoisotopic (exact) mass is 1100 g/mol. The molecule has 0 spiro atoms. The molecule has 0 radical (unpaired) electrons. The van der Waals surface area contributed by atoms with Gasteiger partial charge in [0.1, 0.15) is 0 Å². The predicted molar refractivity (Wildman–Crippen MR) is 344 cm³/mol. The number of hydrogen-bond donors (Lipinski definition) is 0. The van der Waals surface area contributed by atoms with E-state index in [1.54, 1.807) is 12.1 Å². The number of anilines is 6. The fourth-order valence-corrected chi connectivity index (χ4v) is 13.1. The Kier molecular flexibility index (Phi) is 12.4. The maximum absolute atomic E-state index is 14.6. The third kappa shape index (κ3) is 9.05. The average molecular weight is 1100 g/mol. The molecule has 0 saturated heterocycles. The minimum absolute atomic E-state index is 0.0713.